The van der Waals surface area contributed by atoms with Gasteiger partial charge >= 0.3 is 18.2 Å². The number of methoxy groups -OCH3 is 1. The van der Waals surface area contributed by atoms with Crippen molar-refractivity contribution in [2.45, 2.75) is 25.6 Å². The zero-order valence-electron chi connectivity index (χ0n) is 22.0. The topological polar surface area (TPSA) is 113 Å². The van der Waals surface area contributed by atoms with Crippen LogP contribution in [0.1, 0.15) is 36.1 Å². The Bertz CT molecular complexity index is 1320. The van der Waals surface area contributed by atoms with Gasteiger partial charge in [0.25, 0.3) is 0 Å². The second-order valence-electron chi connectivity index (χ2n) is 9.09. The second kappa shape index (κ2) is 12.0. The standard InChI is InChI=1S/C27H29F3N6O3/c1-17-22(24(37)39-4)23(19-11-9-18(16-31)10-12-19)36(26(38)33-13-6-14-34(2)3)25(32)35(17)21-8-5-7-20(15-21)27(28,29)30/h5,7-12,15,23,32H,6,13-14H2,1-4H3,(H,33,38). The monoisotopic (exact) mass is 542 g/mol. The molecule has 12 heteroatoms. The summed E-state index contributed by atoms with van der Waals surface area (Å²) in [6, 6.07) is 10.6. The number of ether oxygens (including phenoxy) is 1. The van der Waals surface area contributed by atoms with Gasteiger partial charge in [0.1, 0.15) is 6.04 Å². The Morgan fingerprint density at radius 1 is 1.18 bits per heavy atom. The number of benzene rings is 2. The summed E-state index contributed by atoms with van der Waals surface area (Å²) in [6.45, 7) is 2.41. The van der Waals surface area contributed by atoms with E-state index in [-0.39, 0.29) is 23.5 Å². The zero-order valence-corrected chi connectivity index (χ0v) is 22.0. The van der Waals surface area contributed by atoms with Gasteiger partial charge in [-0.3, -0.25) is 15.2 Å². The number of hydrogen-bond acceptors (Lipinski definition) is 6. The van der Waals surface area contributed by atoms with Crippen LogP contribution < -0.4 is 10.2 Å². The summed E-state index contributed by atoms with van der Waals surface area (Å²) < 4.78 is 45.5. The van der Waals surface area contributed by atoms with Crippen molar-refractivity contribution in [3.8, 4) is 6.07 Å². The maximum absolute atomic E-state index is 13.6. The van der Waals surface area contributed by atoms with Gasteiger partial charge in [0.15, 0.2) is 0 Å². The summed E-state index contributed by atoms with van der Waals surface area (Å²) in [6.07, 6.45) is -4.05. The molecule has 2 amide bonds. The van der Waals surface area contributed by atoms with Gasteiger partial charge in [0, 0.05) is 17.9 Å². The number of esters is 1. The van der Waals surface area contributed by atoms with E-state index >= 15 is 0 Å². The van der Waals surface area contributed by atoms with E-state index in [1.54, 1.807) is 12.1 Å². The van der Waals surface area contributed by atoms with E-state index in [2.05, 4.69) is 5.32 Å². The summed E-state index contributed by atoms with van der Waals surface area (Å²) in [5, 5.41) is 20.9. The van der Waals surface area contributed by atoms with E-state index in [1.165, 1.54) is 31.2 Å². The molecule has 1 unspecified atom stereocenters. The number of alkyl halides is 3. The van der Waals surface area contributed by atoms with Gasteiger partial charge in [-0.1, -0.05) is 18.2 Å². The molecule has 0 spiro atoms. The first kappa shape index (κ1) is 29.2. The number of halogens is 3. The number of guanidine groups is 1. The number of nitrogens with one attached hydrogen (secondary N) is 2. The fraction of sp³-hybridized carbons (Fsp3) is 0.333. The highest BCUT2D eigenvalue weighted by Gasteiger charge is 2.44. The lowest BCUT2D eigenvalue weighted by Crippen LogP contribution is -2.56. The van der Waals surface area contributed by atoms with Crippen molar-refractivity contribution >= 4 is 23.6 Å². The molecule has 2 aromatic rings. The lowest BCUT2D eigenvalue weighted by atomic mass is 9.92. The van der Waals surface area contributed by atoms with Crippen LogP contribution >= 0.6 is 0 Å². The van der Waals surface area contributed by atoms with Gasteiger partial charge in [0.05, 0.1) is 29.9 Å². The van der Waals surface area contributed by atoms with E-state index in [9.17, 15) is 28.0 Å². The molecule has 39 heavy (non-hydrogen) atoms. The Labute approximate surface area is 224 Å². The van der Waals surface area contributed by atoms with Crippen LogP contribution in [0.2, 0.25) is 0 Å². The lowest BCUT2D eigenvalue weighted by Gasteiger charge is -2.43. The SMILES string of the molecule is COC(=O)C1=C(C)N(c2cccc(C(F)(F)F)c2)C(=N)N(C(=O)NCCCN(C)C)C1c1ccc(C#N)cc1. The average molecular weight is 543 g/mol. The van der Waals surface area contributed by atoms with Crippen molar-refractivity contribution in [2.75, 3.05) is 39.2 Å². The normalized spacial score (nSPS) is 15.9. The summed E-state index contributed by atoms with van der Waals surface area (Å²) in [7, 11) is 4.91. The number of amides is 2. The minimum Gasteiger partial charge on any atom is -0.466 e. The summed E-state index contributed by atoms with van der Waals surface area (Å²) >= 11 is 0. The van der Waals surface area contributed by atoms with E-state index in [1.807, 2.05) is 25.1 Å². The van der Waals surface area contributed by atoms with Crippen LogP contribution in [0.5, 0.6) is 0 Å². The molecule has 0 saturated heterocycles. The van der Waals surface area contributed by atoms with Gasteiger partial charge in [-0.25, -0.2) is 9.59 Å². The van der Waals surface area contributed by atoms with Gasteiger partial charge in [-0.2, -0.15) is 18.4 Å². The van der Waals surface area contributed by atoms with Crippen LogP contribution in [-0.4, -0.2) is 62.1 Å². The average Bonchev–Trinajstić information content (AvgIpc) is 2.90. The molecule has 0 saturated carbocycles. The Hall–Kier alpha value is -4.37. The number of nitrogens with zero attached hydrogens (tertiary/aromatic N) is 4. The lowest BCUT2D eigenvalue weighted by molar-refractivity contribution is -0.138. The molecule has 0 radical (unpaired) electrons. The smallest absolute Gasteiger partial charge is 0.416 e. The molecule has 1 atom stereocenters. The first-order chi connectivity index (χ1) is 18.4. The molecular formula is C27H29F3N6O3. The van der Waals surface area contributed by atoms with Crippen LogP contribution in [0.15, 0.2) is 59.8 Å². The summed E-state index contributed by atoms with van der Waals surface area (Å²) in [4.78, 5) is 30.7. The third-order valence-corrected chi connectivity index (χ3v) is 6.17. The molecule has 0 bridgehead atoms. The number of carbonyl (C=O) groups excluding carboxylic acids is 2. The molecule has 0 fully saturated rings. The first-order valence-electron chi connectivity index (χ1n) is 12.0. The molecule has 0 aliphatic carbocycles. The largest absolute Gasteiger partial charge is 0.466 e. The number of anilines is 1. The molecule has 9 nitrogen and oxygen atoms in total. The molecule has 2 aromatic carbocycles. The number of carbonyl (C=O) groups is 2. The van der Waals surface area contributed by atoms with Crippen LogP contribution in [0.25, 0.3) is 0 Å². The van der Waals surface area contributed by atoms with Crippen molar-refractivity contribution in [3.05, 3.63) is 76.5 Å². The second-order valence-corrected chi connectivity index (χ2v) is 9.09. The van der Waals surface area contributed by atoms with Gasteiger partial charge in [-0.15, -0.1) is 0 Å². The third kappa shape index (κ3) is 6.38. The Morgan fingerprint density at radius 3 is 2.41 bits per heavy atom. The minimum absolute atomic E-state index is 0.0425. The Morgan fingerprint density at radius 2 is 1.85 bits per heavy atom. The highest BCUT2D eigenvalue weighted by molar-refractivity contribution is 6.10. The fourth-order valence-corrected chi connectivity index (χ4v) is 4.29. The molecule has 0 aromatic heterocycles. The van der Waals surface area contributed by atoms with Crippen molar-refractivity contribution < 1.29 is 27.5 Å². The summed E-state index contributed by atoms with van der Waals surface area (Å²) in [5.74, 6) is -1.28. The highest BCUT2D eigenvalue weighted by atomic mass is 19.4. The Balaban J connectivity index is 2.20. The maximum atomic E-state index is 13.6. The Kier molecular flexibility index (Phi) is 8.98. The number of allylic oxidation sites excluding steroid dienone is 1. The van der Waals surface area contributed by atoms with E-state index in [0.29, 0.717) is 24.1 Å². The summed E-state index contributed by atoms with van der Waals surface area (Å²) in [5.41, 5.74) is -0.177. The molecule has 3 rings (SSSR count). The predicted octanol–water partition coefficient (Wildman–Crippen LogP) is 4.48. The number of hydrogen-bond donors (Lipinski definition) is 2. The van der Waals surface area contributed by atoms with Crippen LogP contribution in [0.4, 0.5) is 23.7 Å². The van der Waals surface area contributed by atoms with Gasteiger partial charge in [0.2, 0.25) is 5.96 Å². The fourth-order valence-electron chi connectivity index (χ4n) is 4.29. The number of nitriles is 1. The molecular weight excluding hydrogens is 513 g/mol. The number of urea groups is 1. The third-order valence-electron chi connectivity index (χ3n) is 6.17. The molecule has 206 valence electrons. The maximum Gasteiger partial charge on any atom is 0.416 e. The van der Waals surface area contributed by atoms with Crippen molar-refractivity contribution in [3.63, 3.8) is 0 Å². The predicted molar refractivity (Wildman–Crippen MR) is 139 cm³/mol. The first-order valence-corrected chi connectivity index (χ1v) is 12.0. The molecule has 2 N–H and O–H groups in total. The van der Waals surface area contributed by atoms with Crippen LogP contribution in [-0.2, 0) is 15.7 Å². The van der Waals surface area contributed by atoms with E-state index in [0.717, 1.165) is 29.0 Å². The van der Waals surface area contributed by atoms with Gasteiger partial charge in [-0.05, 0) is 69.9 Å². The van der Waals surface area contributed by atoms with Crippen molar-refractivity contribution in [1.82, 2.24) is 15.1 Å². The van der Waals surface area contributed by atoms with Gasteiger partial charge < -0.3 is 15.0 Å². The van der Waals surface area contributed by atoms with Crippen LogP contribution in [0.3, 0.4) is 0 Å². The van der Waals surface area contributed by atoms with Crippen molar-refractivity contribution in [1.29, 1.82) is 10.7 Å². The molecule has 1 aliphatic heterocycles. The number of rotatable bonds is 7. The molecule has 1 heterocycles. The van der Waals surface area contributed by atoms with Crippen molar-refractivity contribution in [2.24, 2.45) is 0 Å². The zero-order chi connectivity index (χ0) is 28.9. The van der Waals surface area contributed by atoms with Crippen LogP contribution in [0, 0.1) is 16.7 Å². The highest BCUT2D eigenvalue weighted by Crippen LogP contribution is 2.41. The van der Waals surface area contributed by atoms with E-state index in [4.69, 9.17) is 10.1 Å². The minimum atomic E-state index is -4.65. The quantitative estimate of drug-likeness (QED) is 0.394. The van der Waals surface area contributed by atoms with E-state index < -0.39 is 35.7 Å². The molecule has 1 aliphatic rings.